The van der Waals surface area contributed by atoms with Crippen LogP contribution in [-0.2, 0) is 14.4 Å². The van der Waals surface area contributed by atoms with Crippen molar-refractivity contribution >= 4 is 11.8 Å². The summed E-state index contributed by atoms with van der Waals surface area (Å²) < 4.78 is 0. The minimum Gasteiger partial charge on any atom is -0.569 e. The van der Waals surface area contributed by atoms with Gasteiger partial charge in [-0.25, -0.2) is 4.90 Å². The van der Waals surface area contributed by atoms with Crippen LogP contribution in [0.15, 0.2) is 5.28 Å². The van der Waals surface area contributed by atoms with E-state index in [4.69, 9.17) is 9.94 Å². The van der Waals surface area contributed by atoms with Crippen molar-refractivity contribution in [2.24, 2.45) is 11.2 Å². The summed E-state index contributed by atoms with van der Waals surface area (Å²) in [5.74, 6) is -0.589. The number of carbonyl (C=O) groups excluding carboxylic acids is 2. The number of amides is 2. The average molecular weight is 286 g/mol. The Morgan fingerprint density at radius 3 is 2.70 bits per heavy atom. The number of hydrazine groups is 1. The predicted octanol–water partition coefficient (Wildman–Crippen LogP) is -0.395. The minimum atomic E-state index is -0.898. The molecule has 2 atom stereocenters. The highest BCUT2D eigenvalue weighted by Gasteiger charge is 2.35. The first-order valence-electron chi connectivity index (χ1n) is 6.57. The normalized spacial score (nSPS) is 25.5. The van der Waals surface area contributed by atoms with Gasteiger partial charge in [0.05, 0.1) is 18.1 Å². The van der Waals surface area contributed by atoms with E-state index in [-0.39, 0.29) is 37.2 Å². The van der Waals surface area contributed by atoms with Crippen LogP contribution >= 0.6 is 0 Å². The molecule has 2 rings (SSSR count). The lowest BCUT2D eigenvalue weighted by Crippen LogP contribution is -2.39. The summed E-state index contributed by atoms with van der Waals surface area (Å²) in [4.78, 5) is 29.1. The topological polar surface area (TPSA) is 109 Å². The van der Waals surface area contributed by atoms with E-state index in [1.807, 2.05) is 0 Å². The molecule has 0 spiro atoms. The van der Waals surface area contributed by atoms with E-state index < -0.39 is 6.23 Å². The zero-order valence-corrected chi connectivity index (χ0v) is 11.3. The third kappa shape index (κ3) is 2.98. The Kier molecular flexibility index (Phi) is 4.38. The molecule has 2 heterocycles. The van der Waals surface area contributed by atoms with E-state index in [2.05, 4.69) is 5.28 Å². The molecule has 0 aliphatic carbocycles. The summed E-state index contributed by atoms with van der Waals surface area (Å²) in [7, 11) is 0. The molecule has 112 valence electrons. The number of hydrogen-bond acceptors (Lipinski definition) is 6. The van der Waals surface area contributed by atoms with Crippen LogP contribution in [0, 0.1) is 11.1 Å². The number of aliphatic hydroxyl groups excluding tert-OH is 1. The Balaban J connectivity index is 1.88. The number of aliphatic hydroxyl groups is 1. The summed E-state index contributed by atoms with van der Waals surface area (Å²) >= 11 is 0. The Morgan fingerprint density at radius 1 is 1.50 bits per heavy atom. The number of hydrogen-bond donors (Lipinski definition) is 1. The monoisotopic (exact) mass is 286 g/mol. The fourth-order valence-electron chi connectivity index (χ4n) is 2.32. The third-order valence-corrected chi connectivity index (χ3v) is 3.49. The van der Waals surface area contributed by atoms with Gasteiger partial charge in [-0.3, -0.25) is 9.59 Å². The maximum absolute atomic E-state index is 11.7. The van der Waals surface area contributed by atoms with Gasteiger partial charge in [-0.05, 0) is 13.3 Å². The molecular formula is C11H18N4O5. The van der Waals surface area contributed by atoms with E-state index in [1.165, 1.54) is 11.9 Å². The van der Waals surface area contributed by atoms with Gasteiger partial charge in [0.2, 0.25) is 23.3 Å². The van der Waals surface area contributed by atoms with Crippen LogP contribution in [0.3, 0.4) is 0 Å². The van der Waals surface area contributed by atoms with Crippen molar-refractivity contribution in [3.63, 3.8) is 0 Å². The molecule has 2 saturated heterocycles. The van der Waals surface area contributed by atoms with Gasteiger partial charge in [0.25, 0.3) is 0 Å². The van der Waals surface area contributed by atoms with Crippen LogP contribution in [0.5, 0.6) is 0 Å². The lowest BCUT2D eigenvalue weighted by Gasteiger charge is -2.19. The summed E-state index contributed by atoms with van der Waals surface area (Å²) in [5.41, 5.74) is 0. The number of carbonyl (C=O) groups is 2. The molecule has 2 aliphatic heterocycles. The summed E-state index contributed by atoms with van der Waals surface area (Å²) in [6, 6.07) is 0. The molecule has 20 heavy (non-hydrogen) atoms. The van der Waals surface area contributed by atoms with Crippen LogP contribution in [0.2, 0.25) is 0 Å². The van der Waals surface area contributed by atoms with Gasteiger partial charge in [-0.1, -0.05) is 0 Å². The average Bonchev–Trinajstić information content (AvgIpc) is 3.03. The van der Waals surface area contributed by atoms with Gasteiger partial charge >= 0.3 is 0 Å². The van der Waals surface area contributed by atoms with Gasteiger partial charge < -0.3 is 15.2 Å². The third-order valence-electron chi connectivity index (χ3n) is 3.49. The molecule has 0 bridgehead atoms. The van der Waals surface area contributed by atoms with Crippen LogP contribution < -0.4 is 0 Å². The minimum absolute atomic E-state index is 0.0262. The fraction of sp³-hybridized carbons (Fsp3) is 0.818. The summed E-state index contributed by atoms with van der Waals surface area (Å²) in [6.07, 6.45) is 0.143. The Bertz CT molecular complexity index is 411. The van der Waals surface area contributed by atoms with Crippen LogP contribution in [0.4, 0.5) is 0 Å². The summed E-state index contributed by atoms with van der Waals surface area (Å²) in [6.45, 7) is 2.40. The van der Waals surface area contributed by atoms with Gasteiger partial charge in [-0.2, -0.15) is 0 Å². The highest BCUT2D eigenvalue weighted by molar-refractivity contribution is 6.02. The van der Waals surface area contributed by atoms with Crippen molar-refractivity contribution in [2.75, 3.05) is 19.7 Å². The Morgan fingerprint density at radius 2 is 2.15 bits per heavy atom. The molecule has 0 radical (unpaired) electrons. The van der Waals surface area contributed by atoms with Gasteiger partial charge in [-0.15, -0.1) is 5.01 Å². The zero-order valence-electron chi connectivity index (χ0n) is 11.3. The molecule has 1 N–H and O–H groups in total. The number of likely N-dealkylation sites (tertiary alicyclic amines) is 1. The summed E-state index contributed by atoms with van der Waals surface area (Å²) in [5, 5.41) is 25.4. The first-order valence-corrected chi connectivity index (χ1v) is 6.57. The van der Waals surface area contributed by atoms with Crippen molar-refractivity contribution in [3.05, 3.63) is 5.21 Å². The molecule has 2 aliphatic rings. The van der Waals surface area contributed by atoms with Crippen molar-refractivity contribution in [1.29, 1.82) is 0 Å². The Labute approximate surface area is 115 Å². The second kappa shape index (κ2) is 6.04. The van der Waals surface area contributed by atoms with E-state index in [0.717, 1.165) is 4.90 Å². The predicted molar refractivity (Wildman–Crippen MR) is 64.5 cm³/mol. The van der Waals surface area contributed by atoms with Crippen LogP contribution in [0.1, 0.15) is 26.2 Å². The molecule has 0 aromatic heterocycles. The number of nitrogens with zero attached hydrogens (tertiary/aromatic N) is 4. The maximum atomic E-state index is 11.7. The largest absolute Gasteiger partial charge is 0.569 e. The van der Waals surface area contributed by atoms with E-state index in [0.29, 0.717) is 24.5 Å². The highest BCUT2D eigenvalue weighted by Crippen LogP contribution is 2.17. The van der Waals surface area contributed by atoms with Crippen molar-refractivity contribution in [1.82, 2.24) is 9.91 Å². The zero-order chi connectivity index (χ0) is 14.7. The molecule has 9 heteroatoms. The molecule has 0 aromatic carbocycles. The van der Waals surface area contributed by atoms with Crippen molar-refractivity contribution in [2.45, 2.75) is 32.4 Å². The van der Waals surface area contributed by atoms with Gasteiger partial charge in [0.15, 0.2) is 0 Å². The van der Waals surface area contributed by atoms with E-state index in [9.17, 15) is 14.8 Å². The lowest BCUT2D eigenvalue weighted by molar-refractivity contribution is -0.709. The Hall–Kier alpha value is -1.90. The molecule has 9 nitrogen and oxygen atoms in total. The van der Waals surface area contributed by atoms with Crippen LogP contribution in [0.25, 0.3) is 0 Å². The molecule has 0 aromatic rings. The van der Waals surface area contributed by atoms with Gasteiger partial charge in [0, 0.05) is 25.4 Å². The fourth-order valence-corrected chi connectivity index (χ4v) is 2.32. The standard InChI is InChI=1S/C11H18N4O5/c1-8(14-10(17)2-3-11(14)18)20-12-15(19)13-5-4-9(6-13)7-16/h8-9,16H,2-7H2,1H3/b15-12-. The molecule has 2 fully saturated rings. The van der Waals surface area contributed by atoms with Gasteiger partial charge in [0.1, 0.15) is 0 Å². The molecular weight excluding hydrogens is 268 g/mol. The SMILES string of the molecule is CC(O/N=[N+](\[O-])N1CCC(CO)C1)N1C(=O)CCC1=O. The highest BCUT2D eigenvalue weighted by atomic mass is 16.7. The molecule has 2 amide bonds. The smallest absolute Gasteiger partial charge is 0.235 e. The second-order valence-electron chi connectivity index (χ2n) is 4.95. The van der Waals surface area contributed by atoms with Crippen molar-refractivity contribution < 1.29 is 24.5 Å². The molecule has 0 saturated carbocycles. The molecule has 2 unspecified atom stereocenters. The maximum Gasteiger partial charge on any atom is 0.235 e. The second-order valence-corrected chi connectivity index (χ2v) is 4.95. The first kappa shape index (κ1) is 14.5. The van der Waals surface area contributed by atoms with Crippen LogP contribution in [-0.4, -0.2) is 57.7 Å². The lowest BCUT2D eigenvalue weighted by atomic mass is 10.1. The van der Waals surface area contributed by atoms with Crippen molar-refractivity contribution in [3.8, 4) is 0 Å². The number of imide groups is 1. The van der Waals surface area contributed by atoms with E-state index in [1.54, 1.807) is 0 Å². The first-order chi connectivity index (χ1) is 9.52. The van der Waals surface area contributed by atoms with E-state index >= 15 is 0 Å². The number of rotatable bonds is 5. The quantitative estimate of drug-likeness (QED) is 0.319.